The van der Waals surface area contributed by atoms with Gasteiger partial charge in [0.2, 0.25) is 0 Å². The molecule has 0 heterocycles. The van der Waals surface area contributed by atoms with Crippen LogP contribution in [0.2, 0.25) is 0 Å². The van der Waals surface area contributed by atoms with Crippen molar-refractivity contribution in [3.63, 3.8) is 0 Å². The zero-order valence-corrected chi connectivity index (χ0v) is 9.32. The number of likely N-dealkylation sites (N-methyl/N-ethyl adjacent to an activating group) is 1. The molecule has 74 valence electrons. The van der Waals surface area contributed by atoms with Crippen molar-refractivity contribution in [1.29, 1.82) is 0 Å². The van der Waals surface area contributed by atoms with Gasteiger partial charge in [0, 0.05) is 6.04 Å². The number of nitrogens with one attached hydrogen (secondary N) is 1. The van der Waals surface area contributed by atoms with E-state index in [4.69, 9.17) is 0 Å². The largest absolute Gasteiger partial charge is 0.317 e. The van der Waals surface area contributed by atoms with Gasteiger partial charge in [0.1, 0.15) is 0 Å². The second-order valence-electron chi connectivity index (χ2n) is 3.32. The fraction of sp³-hybridized carbons (Fsp3) is 0.455. The van der Waals surface area contributed by atoms with E-state index in [1.807, 2.05) is 7.05 Å². The van der Waals surface area contributed by atoms with Crippen LogP contribution in [0.1, 0.15) is 18.1 Å². The van der Waals surface area contributed by atoms with Gasteiger partial charge in [-0.25, -0.2) is 0 Å². The lowest BCUT2D eigenvalue weighted by molar-refractivity contribution is 0.607. The number of hydrogen-bond acceptors (Lipinski definition) is 1. The summed E-state index contributed by atoms with van der Waals surface area (Å²) in [5, 5.41) is 3.24. The summed E-state index contributed by atoms with van der Waals surface area (Å²) in [5.41, 5.74) is 2.83. The quantitative estimate of drug-likeness (QED) is 0.789. The molecule has 2 heteroatoms. The van der Waals surface area contributed by atoms with Crippen LogP contribution < -0.4 is 5.32 Å². The maximum Gasteiger partial charge on any atom is 0.00762 e. The molecule has 0 aliphatic carbocycles. The monoisotopic (exact) mass is 199 g/mol. The number of halogens is 1. The summed E-state index contributed by atoms with van der Waals surface area (Å²) in [4.78, 5) is 0. The molecule has 0 aromatic heterocycles. The van der Waals surface area contributed by atoms with Crippen LogP contribution in [-0.2, 0) is 6.42 Å². The van der Waals surface area contributed by atoms with Crippen LogP contribution in [0.5, 0.6) is 0 Å². The first-order valence-corrected chi connectivity index (χ1v) is 4.46. The lowest BCUT2D eigenvalue weighted by Gasteiger charge is -2.11. The average Bonchev–Trinajstić information content (AvgIpc) is 2.09. The fourth-order valence-corrected chi connectivity index (χ4v) is 1.27. The Balaban J connectivity index is 0.00000144. The van der Waals surface area contributed by atoms with Gasteiger partial charge in [-0.05, 0) is 38.4 Å². The molecule has 0 radical (unpaired) electrons. The first kappa shape index (κ1) is 12.5. The predicted octanol–water partition coefficient (Wildman–Crippen LogP) is 2.57. The third-order valence-electron chi connectivity index (χ3n) is 2.28. The second-order valence-corrected chi connectivity index (χ2v) is 3.32. The van der Waals surface area contributed by atoms with E-state index in [9.17, 15) is 0 Å². The van der Waals surface area contributed by atoms with Crippen molar-refractivity contribution in [3.05, 3.63) is 35.4 Å². The molecule has 0 aliphatic rings. The Kier molecular flexibility index (Phi) is 5.76. The Labute approximate surface area is 87.0 Å². The van der Waals surface area contributed by atoms with Crippen molar-refractivity contribution < 1.29 is 0 Å². The van der Waals surface area contributed by atoms with Gasteiger partial charge in [0.05, 0.1) is 0 Å². The van der Waals surface area contributed by atoms with Gasteiger partial charge in [0.25, 0.3) is 0 Å². The van der Waals surface area contributed by atoms with E-state index < -0.39 is 0 Å². The summed E-state index contributed by atoms with van der Waals surface area (Å²) in [5.74, 6) is 0. The maximum absolute atomic E-state index is 3.24. The molecule has 0 fully saturated rings. The molecule has 0 bridgehead atoms. The first-order chi connectivity index (χ1) is 5.74. The first-order valence-electron chi connectivity index (χ1n) is 4.46. The Morgan fingerprint density at radius 3 is 2.46 bits per heavy atom. The molecular weight excluding hydrogens is 182 g/mol. The molecule has 0 spiro atoms. The lowest BCUT2D eigenvalue weighted by Crippen LogP contribution is -2.23. The van der Waals surface area contributed by atoms with Crippen LogP contribution in [0.15, 0.2) is 24.3 Å². The molecule has 13 heavy (non-hydrogen) atoms. The van der Waals surface area contributed by atoms with E-state index in [2.05, 4.69) is 43.4 Å². The molecule has 1 atom stereocenters. The van der Waals surface area contributed by atoms with Crippen LogP contribution in [0.25, 0.3) is 0 Å². The van der Waals surface area contributed by atoms with E-state index in [0.717, 1.165) is 6.42 Å². The Hall–Kier alpha value is -0.530. The molecule has 0 amide bonds. The van der Waals surface area contributed by atoms with Crippen LogP contribution in [0.3, 0.4) is 0 Å². The summed E-state index contributed by atoms with van der Waals surface area (Å²) in [6.45, 7) is 4.37. The maximum atomic E-state index is 3.24. The highest BCUT2D eigenvalue weighted by Gasteiger charge is 2.01. The molecule has 1 nitrogen and oxygen atoms in total. The molecule has 0 aliphatic heterocycles. The van der Waals surface area contributed by atoms with Crippen LogP contribution in [0, 0.1) is 6.92 Å². The fourth-order valence-electron chi connectivity index (χ4n) is 1.27. The number of rotatable bonds is 3. The highest BCUT2D eigenvalue weighted by molar-refractivity contribution is 5.85. The third kappa shape index (κ3) is 3.79. The Morgan fingerprint density at radius 1 is 1.31 bits per heavy atom. The lowest BCUT2D eigenvalue weighted by atomic mass is 10.0. The van der Waals surface area contributed by atoms with Gasteiger partial charge in [-0.3, -0.25) is 0 Å². The second kappa shape index (κ2) is 6.01. The smallest absolute Gasteiger partial charge is 0.00762 e. The van der Waals surface area contributed by atoms with Crippen LogP contribution in [-0.4, -0.2) is 13.1 Å². The summed E-state index contributed by atoms with van der Waals surface area (Å²) in [6.07, 6.45) is 1.11. The average molecular weight is 200 g/mol. The van der Waals surface area contributed by atoms with Crippen molar-refractivity contribution in [2.75, 3.05) is 7.05 Å². The van der Waals surface area contributed by atoms with Gasteiger partial charge in [-0.2, -0.15) is 0 Å². The van der Waals surface area contributed by atoms with Crippen molar-refractivity contribution in [2.45, 2.75) is 26.3 Å². The van der Waals surface area contributed by atoms with Gasteiger partial charge >= 0.3 is 0 Å². The molecule has 1 aromatic carbocycles. The molecule has 1 aromatic rings. The van der Waals surface area contributed by atoms with Crippen LogP contribution >= 0.6 is 12.4 Å². The summed E-state index contributed by atoms with van der Waals surface area (Å²) < 4.78 is 0. The molecule has 0 saturated heterocycles. The SMILES string of the molecule is CNC(C)Cc1ccccc1C.Cl. The van der Waals surface area contributed by atoms with Crippen LogP contribution in [0.4, 0.5) is 0 Å². The Bertz CT molecular complexity index is 248. The summed E-state index contributed by atoms with van der Waals surface area (Å²) in [7, 11) is 2.00. The van der Waals surface area contributed by atoms with Gasteiger partial charge in [-0.1, -0.05) is 24.3 Å². The molecule has 1 N–H and O–H groups in total. The van der Waals surface area contributed by atoms with E-state index in [-0.39, 0.29) is 12.4 Å². The molecule has 1 unspecified atom stereocenters. The van der Waals surface area contributed by atoms with Gasteiger partial charge in [-0.15, -0.1) is 12.4 Å². The minimum atomic E-state index is 0. The normalized spacial score (nSPS) is 11.9. The van der Waals surface area contributed by atoms with Crippen molar-refractivity contribution >= 4 is 12.4 Å². The highest BCUT2D eigenvalue weighted by atomic mass is 35.5. The van der Waals surface area contributed by atoms with Gasteiger partial charge in [0.15, 0.2) is 0 Å². The predicted molar refractivity (Wildman–Crippen MR) is 60.7 cm³/mol. The molecular formula is C11H18ClN. The zero-order valence-electron chi connectivity index (χ0n) is 8.50. The third-order valence-corrected chi connectivity index (χ3v) is 2.28. The summed E-state index contributed by atoms with van der Waals surface area (Å²) in [6, 6.07) is 9.11. The summed E-state index contributed by atoms with van der Waals surface area (Å²) >= 11 is 0. The van der Waals surface area contributed by atoms with E-state index in [0.29, 0.717) is 6.04 Å². The van der Waals surface area contributed by atoms with E-state index in [1.54, 1.807) is 0 Å². The van der Waals surface area contributed by atoms with E-state index >= 15 is 0 Å². The topological polar surface area (TPSA) is 12.0 Å². The van der Waals surface area contributed by atoms with Crippen molar-refractivity contribution in [3.8, 4) is 0 Å². The minimum Gasteiger partial charge on any atom is -0.317 e. The highest BCUT2D eigenvalue weighted by Crippen LogP contribution is 2.08. The number of aryl methyl sites for hydroxylation is 1. The minimum absolute atomic E-state index is 0. The molecule has 0 saturated carbocycles. The Morgan fingerprint density at radius 2 is 1.92 bits per heavy atom. The van der Waals surface area contributed by atoms with Crippen molar-refractivity contribution in [1.82, 2.24) is 5.32 Å². The van der Waals surface area contributed by atoms with E-state index in [1.165, 1.54) is 11.1 Å². The number of benzene rings is 1. The number of hydrogen-bond donors (Lipinski definition) is 1. The standard InChI is InChI=1S/C11H17N.ClH/c1-9-6-4-5-7-11(9)8-10(2)12-3;/h4-7,10,12H,8H2,1-3H3;1H. The zero-order chi connectivity index (χ0) is 8.97. The molecule has 1 rings (SSSR count). The van der Waals surface area contributed by atoms with Gasteiger partial charge < -0.3 is 5.32 Å². The van der Waals surface area contributed by atoms with Crippen molar-refractivity contribution in [2.24, 2.45) is 0 Å².